The average Bonchev–Trinajstić information content (AvgIpc) is 2.01. The van der Waals surface area contributed by atoms with Gasteiger partial charge in [0.15, 0.2) is 0 Å². The molecule has 0 radical (unpaired) electrons. The molecule has 1 heteroatoms. The first-order valence-electron chi connectivity index (χ1n) is 5.19. The van der Waals surface area contributed by atoms with Gasteiger partial charge in [0.1, 0.15) is 0 Å². The summed E-state index contributed by atoms with van der Waals surface area (Å²) >= 11 is 3.59. The highest BCUT2D eigenvalue weighted by molar-refractivity contribution is 9.09. The van der Waals surface area contributed by atoms with Crippen LogP contribution in [0.2, 0.25) is 0 Å². The topological polar surface area (TPSA) is 0 Å². The molecule has 3 unspecified atom stereocenters. The zero-order valence-electron chi connectivity index (χ0n) is 8.52. The van der Waals surface area contributed by atoms with Crippen LogP contribution in [0.4, 0.5) is 0 Å². The van der Waals surface area contributed by atoms with Crippen LogP contribution in [0.5, 0.6) is 0 Å². The van der Waals surface area contributed by atoms with Crippen molar-refractivity contribution in [3.8, 4) is 0 Å². The van der Waals surface area contributed by atoms with Crippen molar-refractivity contribution >= 4 is 15.9 Å². The van der Waals surface area contributed by atoms with E-state index in [1.54, 1.807) is 0 Å². The molecule has 0 spiro atoms. The van der Waals surface area contributed by atoms with Crippen LogP contribution in [-0.2, 0) is 0 Å². The van der Waals surface area contributed by atoms with Crippen LogP contribution in [0.25, 0.3) is 0 Å². The largest absolute Gasteiger partial charge is 0.0925 e. The second-order valence-corrected chi connectivity index (χ2v) is 5.46. The standard InChI is InChI=1S/C11H21Br/c1-8-4-9(2)6-11(5-8)10(3)7-12/h8-11H,4-7H2,1-3H3. The van der Waals surface area contributed by atoms with Crippen molar-refractivity contribution in [2.75, 3.05) is 5.33 Å². The van der Waals surface area contributed by atoms with Gasteiger partial charge in [0.2, 0.25) is 0 Å². The molecule has 1 aliphatic rings. The molecule has 1 rings (SSSR count). The molecule has 0 heterocycles. The van der Waals surface area contributed by atoms with Gasteiger partial charge >= 0.3 is 0 Å². The zero-order valence-corrected chi connectivity index (χ0v) is 10.1. The third kappa shape index (κ3) is 2.76. The molecule has 0 aromatic heterocycles. The SMILES string of the molecule is CC1CC(C)CC(C(C)CBr)C1. The van der Waals surface area contributed by atoms with Crippen LogP contribution < -0.4 is 0 Å². The van der Waals surface area contributed by atoms with E-state index in [1.165, 1.54) is 24.6 Å². The van der Waals surface area contributed by atoms with Crippen molar-refractivity contribution < 1.29 is 0 Å². The second kappa shape index (κ2) is 4.64. The minimum atomic E-state index is 0.871. The highest BCUT2D eigenvalue weighted by atomic mass is 79.9. The quantitative estimate of drug-likeness (QED) is 0.630. The first-order valence-corrected chi connectivity index (χ1v) is 6.31. The van der Waals surface area contributed by atoms with Crippen LogP contribution in [0.3, 0.4) is 0 Å². The van der Waals surface area contributed by atoms with Crippen molar-refractivity contribution in [3.05, 3.63) is 0 Å². The van der Waals surface area contributed by atoms with E-state index in [0.717, 1.165) is 23.7 Å². The molecule has 72 valence electrons. The maximum absolute atomic E-state index is 3.59. The van der Waals surface area contributed by atoms with Crippen molar-refractivity contribution in [1.82, 2.24) is 0 Å². The summed E-state index contributed by atoms with van der Waals surface area (Å²) in [4.78, 5) is 0. The molecule has 1 fully saturated rings. The van der Waals surface area contributed by atoms with E-state index < -0.39 is 0 Å². The van der Waals surface area contributed by atoms with Gasteiger partial charge in [0.05, 0.1) is 0 Å². The molecule has 0 aromatic carbocycles. The summed E-state index contributed by atoms with van der Waals surface area (Å²) in [5.74, 6) is 3.76. The van der Waals surface area contributed by atoms with E-state index in [4.69, 9.17) is 0 Å². The van der Waals surface area contributed by atoms with E-state index in [2.05, 4.69) is 36.7 Å². The van der Waals surface area contributed by atoms with E-state index in [1.807, 2.05) is 0 Å². The highest BCUT2D eigenvalue weighted by Crippen LogP contribution is 2.37. The average molecular weight is 233 g/mol. The Morgan fingerprint density at radius 2 is 1.67 bits per heavy atom. The monoisotopic (exact) mass is 232 g/mol. The van der Waals surface area contributed by atoms with Gasteiger partial charge < -0.3 is 0 Å². The van der Waals surface area contributed by atoms with E-state index in [9.17, 15) is 0 Å². The summed E-state index contributed by atoms with van der Waals surface area (Å²) in [6, 6.07) is 0. The minimum Gasteiger partial charge on any atom is -0.0925 e. The predicted molar refractivity (Wildman–Crippen MR) is 58.6 cm³/mol. The van der Waals surface area contributed by atoms with Gasteiger partial charge in [-0.15, -0.1) is 0 Å². The lowest BCUT2D eigenvalue weighted by molar-refractivity contribution is 0.179. The molecule has 0 nitrogen and oxygen atoms in total. The molecule has 12 heavy (non-hydrogen) atoms. The summed E-state index contributed by atoms with van der Waals surface area (Å²) < 4.78 is 0. The van der Waals surface area contributed by atoms with Crippen LogP contribution >= 0.6 is 15.9 Å². The Morgan fingerprint density at radius 3 is 2.08 bits per heavy atom. The summed E-state index contributed by atoms with van der Waals surface area (Å²) in [7, 11) is 0. The van der Waals surface area contributed by atoms with Gasteiger partial charge in [0.25, 0.3) is 0 Å². The lowest BCUT2D eigenvalue weighted by Crippen LogP contribution is -2.25. The molecule has 0 saturated heterocycles. The molecular weight excluding hydrogens is 212 g/mol. The van der Waals surface area contributed by atoms with Gasteiger partial charge in [-0.2, -0.15) is 0 Å². The number of alkyl halides is 1. The first kappa shape index (κ1) is 10.6. The maximum Gasteiger partial charge on any atom is 0.00596 e. The van der Waals surface area contributed by atoms with Crippen LogP contribution in [0.1, 0.15) is 40.0 Å². The second-order valence-electron chi connectivity index (χ2n) is 4.81. The zero-order chi connectivity index (χ0) is 9.14. The van der Waals surface area contributed by atoms with Crippen LogP contribution in [0.15, 0.2) is 0 Å². The molecule has 1 aliphatic carbocycles. The number of hydrogen-bond donors (Lipinski definition) is 0. The maximum atomic E-state index is 3.59. The Kier molecular flexibility index (Phi) is 4.09. The minimum absolute atomic E-state index is 0.871. The Hall–Kier alpha value is 0.480. The fraction of sp³-hybridized carbons (Fsp3) is 1.00. The summed E-state index contributed by atoms with van der Waals surface area (Å²) in [5, 5.41) is 1.18. The molecule has 0 bridgehead atoms. The Labute approximate surface area is 85.3 Å². The molecule has 0 N–H and O–H groups in total. The number of rotatable bonds is 2. The van der Waals surface area contributed by atoms with Crippen molar-refractivity contribution in [2.24, 2.45) is 23.7 Å². The predicted octanol–water partition coefficient (Wildman–Crippen LogP) is 4.09. The van der Waals surface area contributed by atoms with Gasteiger partial charge in [-0.25, -0.2) is 0 Å². The Balaban J connectivity index is 2.43. The van der Waals surface area contributed by atoms with Gasteiger partial charge in [0, 0.05) is 5.33 Å². The molecule has 1 saturated carbocycles. The fourth-order valence-electron chi connectivity index (χ4n) is 2.60. The van der Waals surface area contributed by atoms with Crippen molar-refractivity contribution in [2.45, 2.75) is 40.0 Å². The molecule has 0 aromatic rings. The fourth-order valence-corrected chi connectivity index (χ4v) is 3.13. The van der Waals surface area contributed by atoms with Crippen molar-refractivity contribution in [1.29, 1.82) is 0 Å². The molecule has 3 atom stereocenters. The van der Waals surface area contributed by atoms with E-state index >= 15 is 0 Å². The third-order valence-electron chi connectivity index (χ3n) is 3.26. The Morgan fingerprint density at radius 1 is 1.17 bits per heavy atom. The van der Waals surface area contributed by atoms with Gasteiger partial charge in [-0.1, -0.05) is 36.7 Å². The van der Waals surface area contributed by atoms with Crippen LogP contribution in [-0.4, -0.2) is 5.33 Å². The summed E-state index contributed by atoms with van der Waals surface area (Å²) in [5.41, 5.74) is 0. The number of hydrogen-bond acceptors (Lipinski definition) is 0. The highest BCUT2D eigenvalue weighted by Gasteiger charge is 2.26. The van der Waals surface area contributed by atoms with Crippen molar-refractivity contribution in [3.63, 3.8) is 0 Å². The first-order chi connectivity index (χ1) is 5.63. The van der Waals surface area contributed by atoms with Crippen LogP contribution in [0, 0.1) is 23.7 Å². The summed E-state index contributed by atoms with van der Waals surface area (Å²) in [6.07, 6.45) is 4.36. The van der Waals surface area contributed by atoms with Gasteiger partial charge in [-0.3, -0.25) is 0 Å². The molecular formula is C11H21Br. The number of halogens is 1. The Bertz CT molecular complexity index is 123. The van der Waals surface area contributed by atoms with Gasteiger partial charge in [-0.05, 0) is 42.9 Å². The van der Waals surface area contributed by atoms with E-state index in [-0.39, 0.29) is 0 Å². The lowest BCUT2D eigenvalue weighted by atomic mass is 9.72. The lowest BCUT2D eigenvalue weighted by Gasteiger charge is -2.34. The smallest absolute Gasteiger partial charge is 0.00596 e. The normalized spacial score (nSPS) is 39.5. The molecule has 0 aliphatic heterocycles. The summed E-state index contributed by atoms with van der Waals surface area (Å²) in [6.45, 7) is 7.19. The third-order valence-corrected chi connectivity index (χ3v) is 4.28. The molecule has 0 amide bonds. The van der Waals surface area contributed by atoms with E-state index in [0.29, 0.717) is 0 Å².